The van der Waals surface area contributed by atoms with Crippen molar-refractivity contribution in [3.8, 4) is 22.5 Å². The van der Waals surface area contributed by atoms with Gasteiger partial charge in [0.1, 0.15) is 0 Å². The highest BCUT2D eigenvalue weighted by atomic mass is 15.0. The van der Waals surface area contributed by atoms with E-state index >= 15 is 0 Å². The molecule has 0 spiro atoms. The molecule has 0 fully saturated rings. The van der Waals surface area contributed by atoms with Gasteiger partial charge in [-0.25, -0.2) is 0 Å². The van der Waals surface area contributed by atoms with Crippen LogP contribution in [0.15, 0.2) is 109 Å². The number of rotatable bonds is 2. The van der Waals surface area contributed by atoms with Gasteiger partial charge >= 0.3 is 0 Å². The Balaban J connectivity index is 1.36. The Bertz CT molecular complexity index is 2200. The number of aromatic nitrogens is 2. The molecule has 2 nitrogen and oxygen atoms in total. The van der Waals surface area contributed by atoms with Crippen LogP contribution in [0.3, 0.4) is 0 Å². The molecule has 1 aliphatic carbocycles. The second-order valence-corrected chi connectivity index (χ2v) is 11.4. The minimum Gasteiger partial charge on any atom is -0.310 e. The molecule has 0 bridgehead atoms. The number of hydrogen-bond donors (Lipinski definition) is 0. The third-order valence-electron chi connectivity index (χ3n) is 9.04. The SMILES string of the molecule is C=c1/c(=C\C)n(-c2ccc(-n3c4ccccc4c4ccccc43)cc2)c2ccc3c(c12)-c1ccccc1C3(C)C. The van der Waals surface area contributed by atoms with Crippen LogP contribution in [0.4, 0.5) is 0 Å². The highest BCUT2D eigenvalue weighted by molar-refractivity contribution is 6.09. The zero-order valence-corrected chi connectivity index (χ0v) is 23.1. The van der Waals surface area contributed by atoms with Gasteiger partial charge in [-0.15, -0.1) is 0 Å². The van der Waals surface area contributed by atoms with Crippen LogP contribution in [0.25, 0.3) is 67.9 Å². The second kappa shape index (κ2) is 8.09. The normalized spacial score (nSPS) is 14.3. The van der Waals surface area contributed by atoms with Gasteiger partial charge in [0, 0.05) is 43.5 Å². The second-order valence-electron chi connectivity index (χ2n) is 11.4. The molecule has 2 heteroatoms. The predicted molar refractivity (Wildman–Crippen MR) is 170 cm³/mol. The van der Waals surface area contributed by atoms with Crippen molar-refractivity contribution >= 4 is 45.4 Å². The van der Waals surface area contributed by atoms with Crippen molar-refractivity contribution in [2.45, 2.75) is 26.2 Å². The molecule has 0 radical (unpaired) electrons. The van der Waals surface area contributed by atoms with Crippen molar-refractivity contribution < 1.29 is 0 Å². The van der Waals surface area contributed by atoms with Crippen molar-refractivity contribution in [1.29, 1.82) is 0 Å². The van der Waals surface area contributed by atoms with E-state index in [2.05, 4.69) is 152 Å². The molecule has 0 unspecified atom stereocenters. The summed E-state index contributed by atoms with van der Waals surface area (Å²) < 4.78 is 4.75. The molecule has 192 valence electrons. The molecule has 0 saturated carbocycles. The quantitative estimate of drug-likeness (QED) is 0.220. The molecule has 2 aromatic heterocycles. The number of nitrogens with zero attached hydrogens (tertiary/aromatic N) is 2. The Morgan fingerprint density at radius 2 is 1.18 bits per heavy atom. The van der Waals surface area contributed by atoms with Gasteiger partial charge < -0.3 is 9.13 Å². The largest absolute Gasteiger partial charge is 0.310 e. The average molecular weight is 515 g/mol. The molecular weight excluding hydrogens is 484 g/mol. The Kier molecular flexibility index (Phi) is 4.67. The van der Waals surface area contributed by atoms with Crippen LogP contribution in [-0.2, 0) is 5.41 Å². The average Bonchev–Trinajstić information content (AvgIpc) is 3.56. The smallest absolute Gasteiger partial charge is 0.0547 e. The van der Waals surface area contributed by atoms with E-state index in [9.17, 15) is 0 Å². The van der Waals surface area contributed by atoms with E-state index in [-0.39, 0.29) is 5.41 Å². The molecule has 2 heterocycles. The highest BCUT2D eigenvalue weighted by Gasteiger charge is 2.36. The fourth-order valence-electron chi connectivity index (χ4n) is 7.20. The van der Waals surface area contributed by atoms with Crippen LogP contribution in [0, 0.1) is 0 Å². The minimum atomic E-state index is -0.0330. The molecule has 0 saturated heterocycles. The standard InChI is InChI=1S/C38H30N2/c1-5-32-24(2)36-35(23-22-31-37(36)29-14-6-9-15-30(29)38(31,3)4)39(32)25-18-20-26(21-19-25)40-33-16-10-7-12-27(33)28-13-8-11-17-34(28)40/h5-23H,2H2,1,3-4H3/b32-5+. The van der Waals surface area contributed by atoms with E-state index < -0.39 is 0 Å². The molecule has 0 N–H and O–H groups in total. The van der Waals surface area contributed by atoms with Gasteiger partial charge in [-0.1, -0.05) is 93.2 Å². The van der Waals surface area contributed by atoms with E-state index in [0.29, 0.717) is 0 Å². The third kappa shape index (κ3) is 2.88. The van der Waals surface area contributed by atoms with Crippen molar-refractivity contribution in [2.75, 3.05) is 0 Å². The van der Waals surface area contributed by atoms with Gasteiger partial charge in [-0.2, -0.15) is 0 Å². The number of benzene rings is 5. The molecule has 5 aromatic carbocycles. The molecule has 1 aliphatic rings. The summed E-state index contributed by atoms with van der Waals surface area (Å²) in [6, 6.07) is 39.8. The minimum absolute atomic E-state index is 0.0330. The first-order valence-corrected chi connectivity index (χ1v) is 14.0. The lowest BCUT2D eigenvalue weighted by atomic mass is 9.82. The first kappa shape index (κ1) is 23.1. The number of fused-ring (bicyclic) bond motifs is 8. The van der Waals surface area contributed by atoms with Crippen molar-refractivity contribution in [1.82, 2.24) is 9.13 Å². The van der Waals surface area contributed by atoms with E-state index in [4.69, 9.17) is 0 Å². The fraction of sp³-hybridized carbons (Fsp3) is 0.105. The lowest BCUT2D eigenvalue weighted by molar-refractivity contribution is 0.661. The van der Waals surface area contributed by atoms with Gasteiger partial charge in [-0.05, 0) is 71.6 Å². The number of para-hydroxylation sites is 2. The zero-order valence-electron chi connectivity index (χ0n) is 23.1. The molecule has 7 aromatic rings. The topological polar surface area (TPSA) is 9.86 Å². The Hall–Kier alpha value is -4.82. The van der Waals surface area contributed by atoms with Crippen LogP contribution in [0.5, 0.6) is 0 Å². The molecule has 8 rings (SSSR count). The van der Waals surface area contributed by atoms with Crippen LogP contribution in [-0.4, -0.2) is 9.13 Å². The molecule has 40 heavy (non-hydrogen) atoms. The van der Waals surface area contributed by atoms with Gasteiger partial charge in [0.05, 0.1) is 16.6 Å². The van der Waals surface area contributed by atoms with Gasteiger partial charge in [0.15, 0.2) is 0 Å². The summed E-state index contributed by atoms with van der Waals surface area (Å²) in [7, 11) is 0. The van der Waals surface area contributed by atoms with E-state index in [1.807, 2.05) is 0 Å². The first-order chi connectivity index (χ1) is 19.5. The van der Waals surface area contributed by atoms with Crippen molar-refractivity contribution in [3.63, 3.8) is 0 Å². The van der Waals surface area contributed by atoms with Crippen LogP contribution < -0.4 is 10.6 Å². The van der Waals surface area contributed by atoms with E-state index in [1.54, 1.807) is 0 Å². The predicted octanol–water partition coefficient (Wildman–Crippen LogP) is 8.24. The Morgan fingerprint density at radius 1 is 0.600 bits per heavy atom. The molecule has 0 amide bonds. The zero-order chi connectivity index (χ0) is 27.2. The summed E-state index contributed by atoms with van der Waals surface area (Å²) in [5, 5.41) is 6.05. The maximum Gasteiger partial charge on any atom is 0.0547 e. The van der Waals surface area contributed by atoms with E-state index in [0.717, 1.165) is 21.9 Å². The lowest BCUT2D eigenvalue weighted by Crippen LogP contribution is -2.26. The summed E-state index contributed by atoms with van der Waals surface area (Å²) in [5.74, 6) is 0. The van der Waals surface area contributed by atoms with Crippen LogP contribution >= 0.6 is 0 Å². The first-order valence-electron chi connectivity index (χ1n) is 14.0. The van der Waals surface area contributed by atoms with Gasteiger partial charge in [-0.3, -0.25) is 0 Å². The maximum atomic E-state index is 4.63. The summed E-state index contributed by atoms with van der Waals surface area (Å²) in [4.78, 5) is 0. The summed E-state index contributed by atoms with van der Waals surface area (Å²) in [5.41, 5.74) is 11.4. The molecular formula is C38H30N2. The monoisotopic (exact) mass is 514 g/mol. The van der Waals surface area contributed by atoms with Crippen LogP contribution in [0.2, 0.25) is 0 Å². The van der Waals surface area contributed by atoms with Gasteiger partial charge in [0.2, 0.25) is 0 Å². The summed E-state index contributed by atoms with van der Waals surface area (Å²) in [6.07, 6.45) is 2.20. The summed E-state index contributed by atoms with van der Waals surface area (Å²) >= 11 is 0. The highest BCUT2D eigenvalue weighted by Crippen LogP contribution is 2.50. The Labute approximate surface area is 233 Å². The van der Waals surface area contributed by atoms with E-state index in [1.165, 1.54) is 55.0 Å². The fourth-order valence-corrected chi connectivity index (χ4v) is 7.20. The van der Waals surface area contributed by atoms with Crippen molar-refractivity contribution in [3.05, 3.63) is 131 Å². The lowest BCUT2D eigenvalue weighted by Gasteiger charge is -2.21. The summed E-state index contributed by atoms with van der Waals surface area (Å²) in [6.45, 7) is 11.4. The van der Waals surface area contributed by atoms with Gasteiger partial charge in [0.25, 0.3) is 0 Å². The van der Waals surface area contributed by atoms with Crippen LogP contribution in [0.1, 0.15) is 31.9 Å². The third-order valence-corrected chi connectivity index (χ3v) is 9.04. The van der Waals surface area contributed by atoms with Crippen molar-refractivity contribution in [2.24, 2.45) is 0 Å². The Morgan fingerprint density at radius 3 is 1.82 bits per heavy atom. The molecule has 0 aliphatic heterocycles. The molecule has 0 atom stereocenters. The maximum absolute atomic E-state index is 4.63. The number of hydrogen-bond acceptors (Lipinski definition) is 0.